The van der Waals surface area contributed by atoms with Crippen molar-refractivity contribution in [2.75, 3.05) is 36.0 Å². The average Bonchev–Trinajstić information content (AvgIpc) is 2.79. The van der Waals surface area contributed by atoms with Crippen molar-refractivity contribution < 1.29 is 9.18 Å². The SMILES string of the molecule is O=C(NCc1ccccc1F)c1ccnc(N2CCN(c3ccccc3)CC2)n1. The van der Waals surface area contributed by atoms with Gasteiger partial charge in [0.1, 0.15) is 11.5 Å². The van der Waals surface area contributed by atoms with E-state index in [1.54, 1.807) is 30.5 Å². The summed E-state index contributed by atoms with van der Waals surface area (Å²) in [6.07, 6.45) is 1.59. The normalized spacial score (nSPS) is 14.0. The molecule has 2 heterocycles. The van der Waals surface area contributed by atoms with Crippen molar-refractivity contribution in [3.8, 4) is 0 Å². The maximum Gasteiger partial charge on any atom is 0.270 e. The summed E-state index contributed by atoms with van der Waals surface area (Å²) >= 11 is 0. The minimum atomic E-state index is -0.347. The van der Waals surface area contributed by atoms with Crippen molar-refractivity contribution in [1.82, 2.24) is 15.3 Å². The first kappa shape index (κ1) is 18.9. The van der Waals surface area contributed by atoms with E-state index in [4.69, 9.17) is 0 Å². The fraction of sp³-hybridized carbons (Fsp3) is 0.227. The van der Waals surface area contributed by atoms with Crippen LogP contribution in [-0.2, 0) is 6.54 Å². The highest BCUT2D eigenvalue weighted by molar-refractivity contribution is 5.92. The van der Waals surface area contributed by atoms with Crippen LogP contribution in [0.5, 0.6) is 0 Å². The minimum Gasteiger partial charge on any atom is -0.368 e. The number of carbonyl (C=O) groups is 1. The third-order valence-corrected chi connectivity index (χ3v) is 4.96. The predicted octanol–water partition coefficient (Wildman–Crippen LogP) is 2.87. The van der Waals surface area contributed by atoms with Crippen LogP contribution in [0.3, 0.4) is 0 Å². The molecule has 4 rings (SSSR count). The number of amides is 1. The van der Waals surface area contributed by atoms with Gasteiger partial charge in [-0.25, -0.2) is 14.4 Å². The molecule has 1 fully saturated rings. The van der Waals surface area contributed by atoms with Gasteiger partial charge in [0.05, 0.1) is 0 Å². The van der Waals surface area contributed by atoms with E-state index in [1.165, 1.54) is 11.8 Å². The van der Waals surface area contributed by atoms with Crippen LogP contribution in [0.1, 0.15) is 16.1 Å². The molecule has 29 heavy (non-hydrogen) atoms. The Morgan fingerprint density at radius 1 is 0.931 bits per heavy atom. The zero-order chi connectivity index (χ0) is 20.1. The molecule has 0 radical (unpaired) electrons. The van der Waals surface area contributed by atoms with Gasteiger partial charge >= 0.3 is 0 Å². The van der Waals surface area contributed by atoms with Gasteiger partial charge in [-0.15, -0.1) is 0 Å². The highest BCUT2D eigenvalue weighted by Gasteiger charge is 2.20. The summed E-state index contributed by atoms with van der Waals surface area (Å²) in [4.78, 5) is 25.6. The van der Waals surface area contributed by atoms with E-state index in [0.29, 0.717) is 11.5 Å². The number of rotatable bonds is 5. The molecular formula is C22H22FN5O. The summed E-state index contributed by atoms with van der Waals surface area (Å²) < 4.78 is 13.7. The molecule has 1 saturated heterocycles. The molecule has 0 bridgehead atoms. The highest BCUT2D eigenvalue weighted by Crippen LogP contribution is 2.18. The van der Waals surface area contributed by atoms with Gasteiger partial charge in [-0.2, -0.15) is 0 Å². The van der Waals surface area contributed by atoms with Crippen molar-refractivity contribution in [3.05, 3.63) is 83.9 Å². The number of aromatic nitrogens is 2. The van der Waals surface area contributed by atoms with Gasteiger partial charge in [-0.3, -0.25) is 4.79 Å². The molecule has 148 valence electrons. The van der Waals surface area contributed by atoms with E-state index < -0.39 is 0 Å². The van der Waals surface area contributed by atoms with Gasteiger partial charge in [0.25, 0.3) is 5.91 Å². The number of halogens is 1. The Morgan fingerprint density at radius 2 is 1.62 bits per heavy atom. The first-order chi connectivity index (χ1) is 14.2. The van der Waals surface area contributed by atoms with E-state index in [0.717, 1.165) is 26.2 Å². The van der Waals surface area contributed by atoms with E-state index in [9.17, 15) is 9.18 Å². The molecule has 1 aliphatic rings. The Labute approximate surface area is 169 Å². The number of hydrogen-bond donors (Lipinski definition) is 1. The zero-order valence-corrected chi connectivity index (χ0v) is 16.0. The first-order valence-corrected chi connectivity index (χ1v) is 9.60. The summed E-state index contributed by atoms with van der Waals surface area (Å²) in [6.45, 7) is 3.37. The summed E-state index contributed by atoms with van der Waals surface area (Å²) in [5.41, 5.74) is 1.92. The number of benzene rings is 2. The Hall–Kier alpha value is -3.48. The number of para-hydroxylation sites is 1. The third-order valence-electron chi connectivity index (χ3n) is 4.96. The van der Waals surface area contributed by atoms with Crippen molar-refractivity contribution in [3.63, 3.8) is 0 Å². The average molecular weight is 391 g/mol. The monoisotopic (exact) mass is 391 g/mol. The molecule has 7 heteroatoms. The van der Waals surface area contributed by atoms with Crippen LogP contribution in [0.25, 0.3) is 0 Å². The number of carbonyl (C=O) groups excluding carboxylic acids is 1. The molecule has 0 spiro atoms. The fourth-order valence-corrected chi connectivity index (χ4v) is 3.34. The molecular weight excluding hydrogens is 369 g/mol. The summed E-state index contributed by atoms with van der Waals surface area (Å²) in [6, 6.07) is 18.2. The van der Waals surface area contributed by atoms with Crippen LogP contribution < -0.4 is 15.1 Å². The summed E-state index contributed by atoms with van der Waals surface area (Å²) in [5, 5.41) is 2.72. The van der Waals surface area contributed by atoms with E-state index >= 15 is 0 Å². The summed E-state index contributed by atoms with van der Waals surface area (Å²) in [7, 11) is 0. The number of anilines is 2. The van der Waals surface area contributed by atoms with Crippen LogP contribution in [-0.4, -0.2) is 42.1 Å². The van der Waals surface area contributed by atoms with Gasteiger partial charge < -0.3 is 15.1 Å². The quantitative estimate of drug-likeness (QED) is 0.725. The van der Waals surface area contributed by atoms with Crippen molar-refractivity contribution in [1.29, 1.82) is 0 Å². The highest BCUT2D eigenvalue weighted by atomic mass is 19.1. The largest absolute Gasteiger partial charge is 0.368 e. The first-order valence-electron chi connectivity index (χ1n) is 9.60. The Kier molecular flexibility index (Phi) is 5.65. The number of nitrogens with one attached hydrogen (secondary N) is 1. The molecule has 3 aromatic rings. The molecule has 0 atom stereocenters. The lowest BCUT2D eigenvalue weighted by molar-refractivity contribution is 0.0945. The zero-order valence-electron chi connectivity index (χ0n) is 16.0. The Balaban J connectivity index is 1.37. The lowest BCUT2D eigenvalue weighted by atomic mass is 10.2. The van der Waals surface area contributed by atoms with Gasteiger partial charge in [-0.05, 0) is 24.3 Å². The van der Waals surface area contributed by atoms with Crippen molar-refractivity contribution in [2.24, 2.45) is 0 Å². The van der Waals surface area contributed by atoms with E-state index in [1.807, 2.05) is 18.2 Å². The van der Waals surface area contributed by atoms with Crippen LogP contribution in [0.15, 0.2) is 66.9 Å². The molecule has 1 amide bonds. The molecule has 6 nitrogen and oxygen atoms in total. The summed E-state index contributed by atoms with van der Waals surface area (Å²) in [5.74, 6) is -0.149. The maximum absolute atomic E-state index is 13.7. The van der Waals surface area contributed by atoms with Crippen molar-refractivity contribution in [2.45, 2.75) is 6.54 Å². The number of piperazine rings is 1. The van der Waals surface area contributed by atoms with Gasteiger partial charge in [0.15, 0.2) is 0 Å². The topological polar surface area (TPSA) is 61.4 Å². The van der Waals surface area contributed by atoms with Gasteiger partial charge in [0, 0.05) is 50.2 Å². The Morgan fingerprint density at radius 3 is 2.38 bits per heavy atom. The lowest BCUT2D eigenvalue weighted by Crippen LogP contribution is -2.47. The van der Waals surface area contributed by atoms with Crippen LogP contribution in [0.4, 0.5) is 16.0 Å². The number of nitrogens with zero attached hydrogens (tertiary/aromatic N) is 4. The van der Waals surface area contributed by atoms with Crippen molar-refractivity contribution >= 4 is 17.5 Å². The second-order valence-corrected chi connectivity index (χ2v) is 6.83. The smallest absolute Gasteiger partial charge is 0.270 e. The van der Waals surface area contributed by atoms with E-state index in [-0.39, 0.29) is 24.0 Å². The standard InChI is InChI=1S/C22H22FN5O/c23-19-9-5-4-6-17(19)16-25-21(29)20-10-11-24-22(26-20)28-14-12-27(13-15-28)18-7-2-1-3-8-18/h1-11H,12-16H2,(H,25,29). The lowest BCUT2D eigenvalue weighted by Gasteiger charge is -2.36. The van der Waals surface area contributed by atoms with E-state index in [2.05, 4.69) is 37.2 Å². The molecule has 1 aromatic heterocycles. The van der Waals surface area contributed by atoms with Crippen LogP contribution in [0.2, 0.25) is 0 Å². The molecule has 0 aliphatic carbocycles. The second kappa shape index (κ2) is 8.68. The van der Waals surface area contributed by atoms with Crippen LogP contribution in [0, 0.1) is 5.82 Å². The molecule has 0 saturated carbocycles. The minimum absolute atomic E-state index is 0.112. The molecule has 1 aliphatic heterocycles. The van der Waals surface area contributed by atoms with Gasteiger partial charge in [0.2, 0.25) is 5.95 Å². The second-order valence-electron chi connectivity index (χ2n) is 6.83. The van der Waals surface area contributed by atoms with Crippen LogP contribution >= 0.6 is 0 Å². The Bertz CT molecular complexity index is 974. The molecule has 0 unspecified atom stereocenters. The molecule has 1 N–H and O–H groups in total. The fourth-order valence-electron chi connectivity index (χ4n) is 3.34. The maximum atomic E-state index is 13.7. The third kappa shape index (κ3) is 4.51. The van der Waals surface area contributed by atoms with Gasteiger partial charge in [-0.1, -0.05) is 36.4 Å². The predicted molar refractivity (Wildman–Crippen MR) is 110 cm³/mol. The number of hydrogen-bond acceptors (Lipinski definition) is 5. The molecule has 2 aromatic carbocycles.